The average molecular weight is 540 g/mol. The topological polar surface area (TPSA) is 37.3 Å². The Kier molecular flexibility index (Phi) is 7.22. The lowest BCUT2D eigenvalue weighted by atomic mass is 9.85. The highest BCUT2D eigenvalue weighted by atomic mass is 32.2. The molecule has 1 aliphatic heterocycles. The fourth-order valence-electron chi connectivity index (χ4n) is 6.11. The van der Waals surface area contributed by atoms with E-state index < -0.39 is 0 Å². The third kappa shape index (κ3) is 5.10. The molecule has 4 nitrogen and oxygen atoms in total. The third-order valence-corrected chi connectivity index (χ3v) is 9.35. The third-order valence-electron chi connectivity index (χ3n) is 8.23. The summed E-state index contributed by atoms with van der Waals surface area (Å²) < 4.78 is 15.8. The molecule has 1 aliphatic carbocycles. The van der Waals surface area contributed by atoms with E-state index in [4.69, 9.17) is 0 Å². The summed E-state index contributed by atoms with van der Waals surface area (Å²) in [5.74, 6) is 0.356. The summed E-state index contributed by atoms with van der Waals surface area (Å²) >= 11 is 1.62. The minimum Gasteiger partial charge on any atom is -0.356 e. The summed E-state index contributed by atoms with van der Waals surface area (Å²) in [6.07, 6.45) is 6.70. The van der Waals surface area contributed by atoms with E-state index in [1.54, 1.807) is 11.8 Å². The lowest BCUT2D eigenvalue weighted by molar-refractivity contribution is -0.129. The maximum absolute atomic E-state index is 14.1. The molecular weight excluding hydrogens is 505 g/mol. The summed E-state index contributed by atoms with van der Waals surface area (Å²) in [7, 11) is 0. The van der Waals surface area contributed by atoms with Crippen molar-refractivity contribution in [2.24, 2.45) is 5.92 Å². The van der Waals surface area contributed by atoms with Crippen molar-refractivity contribution in [2.75, 3.05) is 5.32 Å². The van der Waals surface area contributed by atoms with Gasteiger partial charge < -0.3 is 14.8 Å². The molecule has 2 fully saturated rings. The van der Waals surface area contributed by atoms with Gasteiger partial charge in [-0.05, 0) is 67.7 Å². The van der Waals surface area contributed by atoms with Crippen molar-refractivity contribution in [3.05, 3.63) is 106 Å². The van der Waals surface area contributed by atoms with E-state index in [9.17, 15) is 9.18 Å². The van der Waals surface area contributed by atoms with E-state index in [0.29, 0.717) is 12.5 Å². The van der Waals surface area contributed by atoms with Crippen molar-refractivity contribution in [1.82, 2.24) is 9.47 Å². The molecule has 39 heavy (non-hydrogen) atoms. The molecule has 6 heteroatoms. The molecule has 1 aromatic heterocycles. The van der Waals surface area contributed by atoms with Gasteiger partial charge in [0.15, 0.2) is 5.50 Å². The quantitative estimate of drug-likeness (QED) is 0.252. The van der Waals surface area contributed by atoms with Gasteiger partial charge in [0, 0.05) is 40.4 Å². The number of thioether (sulfide) groups is 1. The normalized spacial score (nSPS) is 22.6. The van der Waals surface area contributed by atoms with Crippen molar-refractivity contribution in [3.63, 3.8) is 0 Å². The Morgan fingerprint density at radius 3 is 2.46 bits per heavy atom. The van der Waals surface area contributed by atoms with Crippen LogP contribution in [0.4, 0.5) is 10.1 Å². The van der Waals surface area contributed by atoms with E-state index in [2.05, 4.69) is 59.0 Å². The number of benzene rings is 3. The predicted octanol–water partition coefficient (Wildman–Crippen LogP) is 8.03. The zero-order valence-electron chi connectivity index (χ0n) is 22.4. The summed E-state index contributed by atoms with van der Waals surface area (Å²) in [5, 5.41) is 4.76. The molecule has 1 amide bonds. The average Bonchev–Trinajstić information content (AvgIpc) is 3.39. The van der Waals surface area contributed by atoms with Crippen LogP contribution < -0.4 is 5.32 Å². The van der Waals surface area contributed by atoms with Crippen LogP contribution in [0.2, 0.25) is 0 Å². The van der Waals surface area contributed by atoms with Gasteiger partial charge in [-0.2, -0.15) is 0 Å². The highest BCUT2D eigenvalue weighted by Gasteiger charge is 2.43. The fourth-order valence-corrected chi connectivity index (χ4v) is 7.31. The number of nitrogens with one attached hydrogen (secondary N) is 1. The Morgan fingerprint density at radius 1 is 0.974 bits per heavy atom. The highest BCUT2D eigenvalue weighted by molar-refractivity contribution is 8.05. The van der Waals surface area contributed by atoms with E-state index in [1.807, 2.05) is 42.5 Å². The van der Waals surface area contributed by atoms with Crippen LogP contribution in [-0.4, -0.2) is 26.9 Å². The Labute approximate surface area is 233 Å². The zero-order chi connectivity index (χ0) is 26.9. The molecule has 1 unspecified atom stereocenters. The SMILES string of the molecule is Cc1c(/C=C2\SC(Nc3ccccc3)N([C@@H]3CCCC[C@H]3C)C2=O)c2ccccc2n1Cc1ccc(F)cc1. The number of anilines is 1. The number of nitrogens with zero attached hydrogens (tertiary/aromatic N) is 2. The summed E-state index contributed by atoms with van der Waals surface area (Å²) in [6, 6.07) is 25.4. The molecule has 1 saturated carbocycles. The van der Waals surface area contributed by atoms with Crippen molar-refractivity contribution < 1.29 is 9.18 Å². The number of para-hydroxylation sites is 2. The van der Waals surface area contributed by atoms with Crippen LogP contribution in [0.5, 0.6) is 0 Å². The van der Waals surface area contributed by atoms with Gasteiger partial charge in [0.05, 0.1) is 4.91 Å². The smallest absolute Gasteiger partial charge is 0.262 e. The van der Waals surface area contributed by atoms with Crippen molar-refractivity contribution in [2.45, 2.75) is 57.6 Å². The number of fused-ring (bicyclic) bond motifs is 1. The molecule has 0 spiro atoms. The first-order valence-corrected chi connectivity index (χ1v) is 14.7. The zero-order valence-corrected chi connectivity index (χ0v) is 23.3. The van der Waals surface area contributed by atoms with Gasteiger partial charge in [-0.25, -0.2) is 4.39 Å². The van der Waals surface area contributed by atoms with Crippen LogP contribution in [0, 0.1) is 18.7 Å². The number of aromatic nitrogens is 1. The first kappa shape index (κ1) is 25.8. The minimum atomic E-state index is -0.231. The minimum absolute atomic E-state index is 0.113. The molecule has 3 atom stereocenters. The monoisotopic (exact) mass is 539 g/mol. The molecule has 6 rings (SSSR count). The number of hydrogen-bond acceptors (Lipinski definition) is 3. The van der Waals surface area contributed by atoms with Crippen LogP contribution in [0.3, 0.4) is 0 Å². The van der Waals surface area contributed by atoms with Gasteiger partial charge in [0.1, 0.15) is 5.82 Å². The second-order valence-electron chi connectivity index (χ2n) is 10.8. The highest BCUT2D eigenvalue weighted by Crippen LogP contribution is 2.43. The second kappa shape index (κ2) is 10.9. The van der Waals surface area contributed by atoms with Crippen molar-refractivity contribution >= 4 is 40.3 Å². The van der Waals surface area contributed by atoms with E-state index in [1.165, 1.54) is 18.6 Å². The molecule has 1 saturated heterocycles. The first-order valence-electron chi connectivity index (χ1n) is 13.8. The fraction of sp³-hybridized carbons (Fsp3) is 0.303. The lowest BCUT2D eigenvalue weighted by Crippen LogP contribution is -2.48. The van der Waals surface area contributed by atoms with Crippen LogP contribution in [0.15, 0.2) is 83.8 Å². The van der Waals surface area contributed by atoms with E-state index in [0.717, 1.165) is 57.6 Å². The van der Waals surface area contributed by atoms with Crippen LogP contribution in [0.25, 0.3) is 17.0 Å². The van der Waals surface area contributed by atoms with Gasteiger partial charge in [-0.1, -0.05) is 80.1 Å². The number of rotatable bonds is 6. The molecule has 4 aromatic rings. The Bertz CT molecular complexity index is 1510. The molecule has 200 valence electrons. The van der Waals surface area contributed by atoms with Crippen LogP contribution in [-0.2, 0) is 11.3 Å². The molecule has 0 bridgehead atoms. The number of amides is 1. The summed E-state index contributed by atoms with van der Waals surface area (Å²) in [4.78, 5) is 17.0. The number of carbonyl (C=O) groups excluding carboxylic acids is 1. The molecule has 0 radical (unpaired) electrons. The summed E-state index contributed by atoms with van der Waals surface area (Å²) in [5.41, 5.74) is 5.18. The first-order chi connectivity index (χ1) is 19.0. The molecule has 3 aromatic carbocycles. The van der Waals surface area contributed by atoms with Gasteiger partial charge in [-0.3, -0.25) is 4.79 Å². The lowest BCUT2D eigenvalue weighted by Gasteiger charge is -2.39. The van der Waals surface area contributed by atoms with Gasteiger partial charge in [0.25, 0.3) is 5.91 Å². The Morgan fingerprint density at radius 2 is 1.69 bits per heavy atom. The Balaban J connectivity index is 1.39. The summed E-state index contributed by atoms with van der Waals surface area (Å²) in [6.45, 7) is 5.04. The van der Waals surface area contributed by atoms with Gasteiger partial charge in [-0.15, -0.1) is 0 Å². The number of carbonyl (C=O) groups is 1. The van der Waals surface area contributed by atoms with E-state index in [-0.39, 0.29) is 23.3 Å². The van der Waals surface area contributed by atoms with Crippen molar-refractivity contribution in [3.8, 4) is 0 Å². The standard InChI is InChI=1S/C33H34FN3OS/c1-22-10-6-8-14-29(22)37-32(38)31(39-33(37)35-26-11-4-3-5-12-26)20-28-23(2)36(30-15-9-7-13-27(28)30)21-24-16-18-25(34)19-17-24/h3-5,7,9,11-13,15-20,22,29,33,35H,6,8,10,14,21H2,1-2H3/b31-20-/t22-,29-,33?/m1/s1. The van der Waals surface area contributed by atoms with Gasteiger partial charge >= 0.3 is 0 Å². The van der Waals surface area contributed by atoms with Crippen LogP contribution >= 0.6 is 11.8 Å². The number of hydrogen-bond donors (Lipinski definition) is 1. The molecule has 1 N–H and O–H groups in total. The van der Waals surface area contributed by atoms with Crippen LogP contribution in [0.1, 0.15) is 49.4 Å². The molecular formula is C33H34FN3OS. The second-order valence-corrected chi connectivity index (χ2v) is 11.9. The van der Waals surface area contributed by atoms with E-state index >= 15 is 0 Å². The van der Waals surface area contributed by atoms with Crippen molar-refractivity contribution in [1.29, 1.82) is 0 Å². The van der Waals surface area contributed by atoms with Gasteiger partial charge in [0.2, 0.25) is 0 Å². The molecule has 2 heterocycles. The maximum atomic E-state index is 14.1. The largest absolute Gasteiger partial charge is 0.356 e. The maximum Gasteiger partial charge on any atom is 0.262 e. The predicted molar refractivity (Wildman–Crippen MR) is 160 cm³/mol. The Hall–Kier alpha value is -3.51. The molecule has 2 aliphatic rings. The number of halogens is 1.